The van der Waals surface area contributed by atoms with Crippen molar-refractivity contribution in [2.24, 2.45) is 5.92 Å². The van der Waals surface area contributed by atoms with Gasteiger partial charge in [-0.3, -0.25) is 9.59 Å². The number of ether oxygens (including phenoxy) is 2. The number of aliphatic hydroxyl groups excluding tert-OH is 1. The lowest BCUT2D eigenvalue weighted by Gasteiger charge is -2.26. The van der Waals surface area contributed by atoms with E-state index in [2.05, 4.69) is 13.8 Å². The third-order valence-electron chi connectivity index (χ3n) is 7.33. The molecule has 2 heterocycles. The highest BCUT2D eigenvalue weighted by molar-refractivity contribution is 6.46. The number of carbonyl (C=O) groups excluding carboxylic acids is 2. The second kappa shape index (κ2) is 11.4. The van der Waals surface area contributed by atoms with E-state index in [1.54, 1.807) is 11.0 Å². The van der Waals surface area contributed by atoms with E-state index in [1.807, 2.05) is 73.7 Å². The molecule has 0 aromatic heterocycles. The van der Waals surface area contributed by atoms with E-state index in [4.69, 9.17) is 9.47 Å². The maximum Gasteiger partial charge on any atom is 0.295 e. The first-order valence-corrected chi connectivity index (χ1v) is 13.7. The average Bonchev–Trinajstić information content (AvgIpc) is 3.42. The van der Waals surface area contributed by atoms with Crippen molar-refractivity contribution in [3.63, 3.8) is 0 Å². The van der Waals surface area contributed by atoms with Gasteiger partial charge < -0.3 is 19.5 Å². The van der Waals surface area contributed by atoms with Crippen molar-refractivity contribution >= 4 is 17.4 Å². The molecule has 2 aliphatic heterocycles. The summed E-state index contributed by atoms with van der Waals surface area (Å²) < 4.78 is 11.8. The first kappa shape index (κ1) is 26.5. The van der Waals surface area contributed by atoms with Crippen LogP contribution in [0.15, 0.2) is 78.4 Å². The molecule has 0 unspecified atom stereocenters. The molecule has 1 N–H and O–H groups in total. The van der Waals surface area contributed by atoms with Crippen LogP contribution in [0.5, 0.6) is 11.5 Å². The van der Waals surface area contributed by atoms with Crippen molar-refractivity contribution in [1.29, 1.82) is 0 Å². The lowest BCUT2D eigenvalue weighted by molar-refractivity contribution is -0.139. The summed E-state index contributed by atoms with van der Waals surface area (Å²) in [5.74, 6) is 0.507. The van der Waals surface area contributed by atoms with Crippen LogP contribution >= 0.6 is 0 Å². The largest absolute Gasteiger partial charge is 0.507 e. The van der Waals surface area contributed by atoms with Crippen LogP contribution in [0.3, 0.4) is 0 Å². The standard InChI is InChI=1S/C33H35NO5/c1-21(2)15-17-38-27-11-7-10-24(20-27)30-29(31(35)25-12-13-28-26(19-25)18-22(3)39-28)32(36)33(37)34(30)16-14-23-8-5-4-6-9-23/h4-13,19-22,30,35H,14-18H2,1-3H3/t22-,30-/m0/s1. The smallest absolute Gasteiger partial charge is 0.295 e. The molecule has 3 aromatic carbocycles. The predicted molar refractivity (Wildman–Crippen MR) is 151 cm³/mol. The molecule has 3 aromatic rings. The summed E-state index contributed by atoms with van der Waals surface area (Å²) in [6.45, 7) is 7.19. The molecule has 0 aliphatic carbocycles. The Morgan fingerprint density at radius 3 is 2.62 bits per heavy atom. The highest BCUT2D eigenvalue weighted by Crippen LogP contribution is 2.41. The fourth-order valence-electron chi connectivity index (χ4n) is 5.26. The zero-order chi connectivity index (χ0) is 27.5. The molecule has 0 spiro atoms. The van der Waals surface area contributed by atoms with Crippen molar-refractivity contribution in [2.75, 3.05) is 13.2 Å². The van der Waals surface area contributed by atoms with Gasteiger partial charge in [0, 0.05) is 18.5 Å². The number of likely N-dealkylation sites (tertiary alicyclic amines) is 1. The van der Waals surface area contributed by atoms with Crippen LogP contribution in [0.4, 0.5) is 0 Å². The van der Waals surface area contributed by atoms with Gasteiger partial charge in [0.1, 0.15) is 23.4 Å². The first-order valence-electron chi connectivity index (χ1n) is 13.7. The van der Waals surface area contributed by atoms with Crippen LogP contribution in [0.25, 0.3) is 5.76 Å². The summed E-state index contributed by atoms with van der Waals surface area (Å²) in [7, 11) is 0. The Balaban J connectivity index is 1.53. The Morgan fingerprint density at radius 2 is 1.85 bits per heavy atom. The van der Waals surface area contributed by atoms with Crippen LogP contribution in [-0.2, 0) is 22.4 Å². The van der Waals surface area contributed by atoms with E-state index in [-0.39, 0.29) is 17.4 Å². The molecule has 0 radical (unpaired) electrons. The third kappa shape index (κ3) is 5.70. The van der Waals surface area contributed by atoms with Crippen molar-refractivity contribution in [1.82, 2.24) is 4.90 Å². The van der Waals surface area contributed by atoms with Gasteiger partial charge >= 0.3 is 0 Å². The van der Waals surface area contributed by atoms with Gasteiger partial charge in [-0.1, -0.05) is 56.3 Å². The van der Waals surface area contributed by atoms with Gasteiger partial charge in [-0.25, -0.2) is 0 Å². The fourth-order valence-corrected chi connectivity index (χ4v) is 5.26. The van der Waals surface area contributed by atoms with E-state index in [0.717, 1.165) is 35.3 Å². The second-order valence-corrected chi connectivity index (χ2v) is 10.8. The lowest BCUT2D eigenvalue weighted by Crippen LogP contribution is -2.31. The van der Waals surface area contributed by atoms with Crippen LogP contribution in [0.1, 0.15) is 55.5 Å². The fraction of sp³-hybridized carbons (Fsp3) is 0.333. The Labute approximate surface area is 229 Å². The molecule has 6 heteroatoms. The quantitative estimate of drug-likeness (QED) is 0.208. The van der Waals surface area contributed by atoms with Gasteiger partial charge in [-0.15, -0.1) is 0 Å². The number of ketones is 1. The lowest BCUT2D eigenvalue weighted by atomic mass is 9.94. The number of nitrogens with zero attached hydrogens (tertiary/aromatic N) is 1. The van der Waals surface area contributed by atoms with Crippen LogP contribution < -0.4 is 9.47 Å². The summed E-state index contributed by atoms with van der Waals surface area (Å²) >= 11 is 0. The topological polar surface area (TPSA) is 76.1 Å². The number of aliphatic hydroxyl groups is 1. The zero-order valence-corrected chi connectivity index (χ0v) is 22.7. The molecule has 202 valence electrons. The number of amides is 1. The van der Waals surface area contributed by atoms with Crippen molar-refractivity contribution in [2.45, 2.75) is 52.2 Å². The maximum absolute atomic E-state index is 13.5. The third-order valence-corrected chi connectivity index (χ3v) is 7.33. The minimum atomic E-state index is -0.731. The number of Topliss-reactive ketones (excluding diaryl/α,β-unsaturated/α-hetero) is 1. The highest BCUT2D eigenvalue weighted by Gasteiger charge is 2.46. The van der Waals surface area contributed by atoms with E-state index in [1.165, 1.54) is 0 Å². The minimum absolute atomic E-state index is 0.0550. The molecule has 39 heavy (non-hydrogen) atoms. The minimum Gasteiger partial charge on any atom is -0.507 e. The van der Waals surface area contributed by atoms with E-state index in [9.17, 15) is 14.7 Å². The van der Waals surface area contributed by atoms with Gasteiger partial charge in [-0.05, 0) is 72.7 Å². The molecule has 6 nitrogen and oxygen atoms in total. The molecular weight excluding hydrogens is 490 g/mol. The van der Waals surface area contributed by atoms with Gasteiger partial charge in [0.25, 0.3) is 11.7 Å². The van der Waals surface area contributed by atoms with Crippen LogP contribution in [0, 0.1) is 5.92 Å². The average molecular weight is 526 g/mol. The predicted octanol–water partition coefficient (Wildman–Crippen LogP) is 6.10. The molecular formula is C33H35NO5. The summed E-state index contributed by atoms with van der Waals surface area (Å²) in [5.41, 5.74) is 3.36. The van der Waals surface area contributed by atoms with Crippen molar-refractivity contribution in [3.05, 3.63) is 101 Å². The number of fused-ring (bicyclic) bond motifs is 1. The molecule has 1 saturated heterocycles. The molecule has 1 fully saturated rings. The Hall–Kier alpha value is -4.06. The van der Waals surface area contributed by atoms with Crippen LogP contribution in [0.2, 0.25) is 0 Å². The van der Waals surface area contributed by atoms with E-state index < -0.39 is 17.7 Å². The van der Waals surface area contributed by atoms with Gasteiger partial charge in [0.2, 0.25) is 0 Å². The number of hydrogen-bond acceptors (Lipinski definition) is 5. The van der Waals surface area contributed by atoms with E-state index in [0.29, 0.717) is 36.8 Å². The van der Waals surface area contributed by atoms with E-state index >= 15 is 0 Å². The number of rotatable bonds is 9. The van der Waals surface area contributed by atoms with Crippen LogP contribution in [-0.4, -0.2) is 41.0 Å². The number of hydrogen-bond donors (Lipinski definition) is 1. The molecule has 5 rings (SSSR count). The number of carbonyl (C=O) groups is 2. The summed E-state index contributed by atoms with van der Waals surface area (Å²) in [6.07, 6.45) is 2.28. The second-order valence-electron chi connectivity index (χ2n) is 10.8. The molecule has 1 amide bonds. The SMILES string of the molecule is CC(C)CCOc1cccc([C@H]2C(=C(O)c3ccc4c(c3)C[C@H](C)O4)C(=O)C(=O)N2CCc2ccccc2)c1. The highest BCUT2D eigenvalue weighted by atomic mass is 16.5. The Bertz CT molecular complexity index is 1390. The Morgan fingerprint density at radius 1 is 1.05 bits per heavy atom. The molecule has 0 saturated carbocycles. The van der Waals surface area contributed by atoms with Gasteiger partial charge in [0.05, 0.1) is 18.2 Å². The monoisotopic (exact) mass is 525 g/mol. The normalized spacial score (nSPS) is 19.8. The summed E-state index contributed by atoms with van der Waals surface area (Å²) in [4.78, 5) is 28.5. The summed E-state index contributed by atoms with van der Waals surface area (Å²) in [5, 5.41) is 11.5. The maximum atomic E-state index is 13.5. The molecule has 2 aliphatic rings. The number of benzene rings is 3. The van der Waals surface area contributed by atoms with Gasteiger partial charge in [0.15, 0.2) is 0 Å². The van der Waals surface area contributed by atoms with Crippen molar-refractivity contribution in [3.8, 4) is 11.5 Å². The zero-order valence-electron chi connectivity index (χ0n) is 22.7. The van der Waals surface area contributed by atoms with Gasteiger partial charge in [-0.2, -0.15) is 0 Å². The molecule has 0 bridgehead atoms. The Kier molecular flexibility index (Phi) is 7.73. The summed E-state index contributed by atoms with van der Waals surface area (Å²) in [6, 6.07) is 22.0. The van der Waals surface area contributed by atoms with Crippen molar-refractivity contribution < 1.29 is 24.2 Å². The molecule has 2 atom stereocenters. The first-order chi connectivity index (χ1) is 18.8.